The topological polar surface area (TPSA) is 40.6 Å². The van der Waals surface area contributed by atoms with Crippen molar-refractivity contribution in [2.45, 2.75) is 17.9 Å². The predicted octanol–water partition coefficient (Wildman–Crippen LogP) is 4.76. The first-order chi connectivity index (χ1) is 14.0. The highest BCUT2D eigenvalue weighted by molar-refractivity contribution is 7.89. The van der Waals surface area contributed by atoms with Crippen molar-refractivity contribution in [1.82, 2.24) is 4.31 Å². The average molecular weight is 405 g/mol. The van der Waals surface area contributed by atoms with Crippen molar-refractivity contribution in [3.63, 3.8) is 0 Å². The first-order valence-electron chi connectivity index (χ1n) is 9.60. The quantitative estimate of drug-likeness (QED) is 0.629. The van der Waals surface area contributed by atoms with Crippen LogP contribution in [0.3, 0.4) is 0 Å². The molecule has 0 amide bonds. The molecule has 29 heavy (non-hydrogen) atoms. The second-order valence-electron chi connectivity index (χ2n) is 7.31. The van der Waals surface area contributed by atoms with Crippen LogP contribution in [0.1, 0.15) is 17.2 Å². The third-order valence-corrected chi connectivity index (χ3v) is 7.16. The Morgan fingerprint density at radius 3 is 2.07 bits per heavy atom. The maximum absolute atomic E-state index is 13.4. The van der Waals surface area contributed by atoms with Crippen molar-refractivity contribution in [3.05, 3.63) is 108 Å². The Balaban J connectivity index is 1.74. The Labute approximate surface area is 172 Å². The van der Waals surface area contributed by atoms with Gasteiger partial charge in [-0.2, -0.15) is 0 Å². The van der Waals surface area contributed by atoms with E-state index >= 15 is 0 Å². The Morgan fingerprint density at radius 1 is 0.862 bits per heavy atom. The van der Waals surface area contributed by atoms with Crippen LogP contribution in [0.5, 0.6) is 0 Å². The number of rotatable bonds is 4. The summed E-state index contributed by atoms with van der Waals surface area (Å²) in [6.45, 7) is 6.81. The van der Waals surface area contributed by atoms with E-state index in [-0.39, 0.29) is 6.04 Å². The van der Waals surface area contributed by atoms with Crippen LogP contribution in [-0.4, -0.2) is 25.8 Å². The molecule has 1 heterocycles. The van der Waals surface area contributed by atoms with Gasteiger partial charge in [0.1, 0.15) is 0 Å². The fourth-order valence-corrected chi connectivity index (χ4v) is 5.20. The van der Waals surface area contributed by atoms with E-state index in [9.17, 15) is 8.42 Å². The van der Waals surface area contributed by atoms with Crippen LogP contribution < -0.4 is 4.90 Å². The minimum atomic E-state index is -3.67. The average Bonchev–Trinajstić information content (AvgIpc) is 2.75. The zero-order chi connectivity index (χ0) is 20.4. The van der Waals surface area contributed by atoms with Crippen molar-refractivity contribution in [3.8, 4) is 0 Å². The highest BCUT2D eigenvalue weighted by Gasteiger charge is 2.36. The van der Waals surface area contributed by atoms with E-state index in [0.717, 1.165) is 16.8 Å². The molecule has 148 valence electrons. The summed E-state index contributed by atoms with van der Waals surface area (Å²) in [5.74, 6) is 0. The van der Waals surface area contributed by atoms with Gasteiger partial charge in [0.25, 0.3) is 10.0 Å². The van der Waals surface area contributed by atoms with Gasteiger partial charge in [-0.3, -0.25) is 4.31 Å². The molecule has 0 spiro atoms. The summed E-state index contributed by atoms with van der Waals surface area (Å²) < 4.78 is 28.2. The smallest absolute Gasteiger partial charge is 0.264 e. The van der Waals surface area contributed by atoms with Gasteiger partial charge in [-0.1, -0.05) is 72.8 Å². The summed E-state index contributed by atoms with van der Waals surface area (Å²) in [5.41, 5.74) is 3.73. The van der Waals surface area contributed by atoms with E-state index in [1.807, 2.05) is 79.7 Å². The highest BCUT2D eigenvalue weighted by atomic mass is 32.2. The molecular formula is C24H24N2O2S. The van der Waals surface area contributed by atoms with Crippen molar-refractivity contribution in [2.24, 2.45) is 0 Å². The van der Waals surface area contributed by atoms with Gasteiger partial charge in [-0.05, 0) is 36.8 Å². The van der Waals surface area contributed by atoms with Gasteiger partial charge in [-0.15, -0.1) is 0 Å². The fraction of sp³-hybridized carbons (Fsp3) is 0.167. The highest BCUT2D eigenvalue weighted by Crippen LogP contribution is 2.36. The summed E-state index contributed by atoms with van der Waals surface area (Å²) in [6.07, 6.45) is 0. The molecule has 4 nitrogen and oxygen atoms in total. The molecule has 3 aromatic carbocycles. The van der Waals surface area contributed by atoms with Crippen molar-refractivity contribution >= 4 is 15.7 Å². The van der Waals surface area contributed by atoms with Crippen molar-refractivity contribution in [2.75, 3.05) is 18.0 Å². The number of benzene rings is 3. The van der Waals surface area contributed by atoms with E-state index < -0.39 is 10.0 Å². The van der Waals surface area contributed by atoms with E-state index in [1.54, 1.807) is 12.1 Å². The number of aryl methyl sites for hydroxylation is 1. The molecule has 4 rings (SSSR count). The molecule has 1 aliphatic rings. The number of anilines is 1. The van der Waals surface area contributed by atoms with Gasteiger partial charge >= 0.3 is 0 Å². The van der Waals surface area contributed by atoms with Gasteiger partial charge in [0.15, 0.2) is 0 Å². The van der Waals surface area contributed by atoms with Crippen LogP contribution in [-0.2, 0) is 10.0 Å². The fourth-order valence-electron chi connectivity index (χ4n) is 3.73. The van der Waals surface area contributed by atoms with Crippen LogP contribution in [0.15, 0.2) is 102 Å². The van der Waals surface area contributed by atoms with E-state index in [1.165, 1.54) is 4.31 Å². The molecule has 0 aliphatic carbocycles. The van der Waals surface area contributed by atoms with Gasteiger partial charge in [0.05, 0.1) is 24.0 Å². The molecular weight excluding hydrogens is 380 g/mol. The lowest BCUT2D eigenvalue weighted by molar-refractivity contribution is 0.390. The maximum atomic E-state index is 13.4. The predicted molar refractivity (Wildman–Crippen MR) is 117 cm³/mol. The number of piperazine rings is 1. The lowest BCUT2D eigenvalue weighted by atomic mass is 10.0. The molecule has 0 aromatic heterocycles. The van der Waals surface area contributed by atoms with Gasteiger partial charge < -0.3 is 4.90 Å². The summed E-state index contributed by atoms with van der Waals surface area (Å²) in [7, 11) is -3.67. The third-order valence-electron chi connectivity index (χ3n) is 5.30. The lowest BCUT2D eigenvalue weighted by Gasteiger charge is -2.44. The SMILES string of the molecule is C=C1CN(c2ccccc2)C(c2ccccc2)CN1S(=O)(=O)c1ccc(C)cc1. The van der Waals surface area contributed by atoms with Crippen LogP contribution in [0.4, 0.5) is 5.69 Å². The molecule has 0 bridgehead atoms. The monoisotopic (exact) mass is 404 g/mol. The number of nitrogens with zero attached hydrogens (tertiary/aromatic N) is 2. The Morgan fingerprint density at radius 2 is 1.45 bits per heavy atom. The second kappa shape index (κ2) is 7.76. The number of sulfonamides is 1. The molecule has 5 heteroatoms. The minimum Gasteiger partial charge on any atom is -0.357 e. The van der Waals surface area contributed by atoms with Crippen LogP contribution in [0.25, 0.3) is 0 Å². The Bertz CT molecular complexity index is 1090. The molecule has 1 unspecified atom stereocenters. The number of para-hydroxylation sites is 1. The van der Waals surface area contributed by atoms with Crippen molar-refractivity contribution in [1.29, 1.82) is 0 Å². The zero-order valence-electron chi connectivity index (χ0n) is 16.4. The Kier molecular flexibility index (Phi) is 5.16. The van der Waals surface area contributed by atoms with Crippen molar-refractivity contribution < 1.29 is 8.42 Å². The second-order valence-corrected chi connectivity index (χ2v) is 9.17. The molecule has 1 saturated heterocycles. The maximum Gasteiger partial charge on any atom is 0.264 e. The Hall–Kier alpha value is -3.05. The van der Waals surface area contributed by atoms with E-state index in [0.29, 0.717) is 23.7 Å². The molecule has 0 radical (unpaired) electrons. The lowest BCUT2D eigenvalue weighted by Crippen LogP contribution is -2.48. The zero-order valence-corrected chi connectivity index (χ0v) is 17.2. The van der Waals surface area contributed by atoms with Gasteiger partial charge in [0, 0.05) is 11.4 Å². The largest absolute Gasteiger partial charge is 0.357 e. The summed E-state index contributed by atoms with van der Waals surface area (Å²) in [6, 6.07) is 27.0. The molecule has 1 aliphatic heterocycles. The molecule has 3 aromatic rings. The number of hydrogen-bond acceptors (Lipinski definition) is 3. The van der Waals surface area contributed by atoms with Crippen LogP contribution in [0.2, 0.25) is 0 Å². The molecule has 1 atom stereocenters. The summed E-state index contributed by atoms with van der Waals surface area (Å²) >= 11 is 0. The summed E-state index contributed by atoms with van der Waals surface area (Å²) in [5, 5.41) is 0. The normalized spacial score (nSPS) is 17.4. The first kappa shape index (κ1) is 19.3. The molecule has 0 saturated carbocycles. The number of hydrogen-bond donors (Lipinski definition) is 0. The van der Waals surface area contributed by atoms with E-state index in [4.69, 9.17) is 0 Å². The summed E-state index contributed by atoms with van der Waals surface area (Å²) in [4.78, 5) is 2.52. The molecule has 0 N–H and O–H groups in total. The van der Waals surface area contributed by atoms with Crippen LogP contribution >= 0.6 is 0 Å². The van der Waals surface area contributed by atoms with Gasteiger partial charge in [0.2, 0.25) is 0 Å². The minimum absolute atomic E-state index is 0.107. The standard InChI is InChI=1S/C24H24N2O2S/c1-19-13-15-23(16-14-19)29(27,28)26-18-24(21-9-5-3-6-10-21)25(17-20(26)2)22-11-7-4-8-12-22/h3-16,24H,2,17-18H2,1H3. The van der Waals surface area contributed by atoms with Gasteiger partial charge in [-0.25, -0.2) is 8.42 Å². The third kappa shape index (κ3) is 3.78. The van der Waals surface area contributed by atoms with Crippen LogP contribution in [0, 0.1) is 6.92 Å². The first-order valence-corrected chi connectivity index (χ1v) is 11.0. The van der Waals surface area contributed by atoms with E-state index in [2.05, 4.69) is 11.5 Å². The molecule has 1 fully saturated rings.